The van der Waals surface area contributed by atoms with Crippen molar-refractivity contribution in [2.24, 2.45) is 0 Å². The number of nitrogens with one attached hydrogen (secondary N) is 1. The normalized spacial score (nSPS) is 19.2. The van der Waals surface area contributed by atoms with Gasteiger partial charge in [0.2, 0.25) is 0 Å². The molecule has 1 fully saturated rings. The summed E-state index contributed by atoms with van der Waals surface area (Å²) in [6.07, 6.45) is 4.59. The van der Waals surface area contributed by atoms with E-state index >= 15 is 0 Å². The number of rotatable bonds is 6. The number of benzene rings is 1. The Hall–Kier alpha value is -1.06. The van der Waals surface area contributed by atoms with E-state index in [0.717, 1.165) is 13.0 Å². The van der Waals surface area contributed by atoms with E-state index in [2.05, 4.69) is 12.2 Å². The molecule has 0 saturated heterocycles. The highest BCUT2D eigenvalue weighted by molar-refractivity contribution is 5.26. The summed E-state index contributed by atoms with van der Waals surface area (Å²) in [5.41, 5.74) is 1.33. The lowest BCUT2D eigenvalue weighted by atomic mass is 9.80. The molecular weight excluding hydrogens is 226 g/mol. The fourth-order valence-corrected chi connectivity index (χ4v) is 2.44. The molecule has 2 N–H and O–H groups in total. The van der Waals surface area contributed by atoms with E-state index in [4.69, 9.17) is 4.74 Å². The minimum atomic E-state index is 0.0865. The van der Waals surface area contributed by atoms with E-state index in [1.54, 1.807) is 12.1 Å². The molecule has 18 heavy (non-hydrogen) atoms. The van der Waals surface area contributed by atoms with E-state index in [1.165, 1.54) is 24.8 Å². The van der Waals surface area contributed by atoms with Gasteiger partial charge in [0, 0.05) is 19.7 Å². The summed E-state index contributed by atoms with van der Waals surface area (Å²) in [4.78, 5) is 0. The van der Waals surface area contributed by atoms with Crippen LogP contribution in [0.4, 0.5) is 0 Å². The molecule has 1 saturated carbocycles. The van der Waals surface area contributed by atoms with Crippen LogP contribution in [-0.4, -0.2) is 30.4 Å². The highest BCUT2D eigenvalue weighted by atomic mass is 16.5. The Balaban J connectivity index is 1.78. The van der Waals surface area contributed by atoms with E-state index in [9.17, 15) is 5.11 Å². The van der Waals surface area contributed by atoms with Crippen molar-refractivity contribution in [1.82, 2.24) is 5.32 Å². The maximum atomic E-state index is 9.24. The lowest BCUT2D eigenvalue weighted by Gasteiger charge is -2.41. The molecule has 1 aromatic carbocycles. The molecule has 0 aliphatic heterocycles. The summed E-state index contributed by atoms with van der Waals surface area (Å²) in [6.45, 7) is 3.12. The number of phenols is 1. The van der Waals surface area contributed by atoms with E-state index in [-0.39, 0.29) is 5.60 Å². The van der Waals surface area contributed by atoms with Crippen LogP contribution in [0.25, 0.3) is 0 Å². The molecule has 0 radical (unpaired) electrons. The summed E-state index contributed by atoms with van der Waals surface area (Å²) in [5.74, 6) is 0.326. The van der Waals surface area contributed by atoms with E-state index in [0.29, 0.717) is 11.8 Å². The first-order valence-corrected chi connectivity index (χ1v) is 6.70. The molecule has 1 atom stereocenters. The number of phenolic OH excluding ortho intramolecular Hbond substituents is 1. The first-order chi connectivity index (χ1) is 8.63. The van der Waals surface area contributed by atoms with Crippen molar-refractivity contribution < 1.29 is 9.84 Å². The highest BCUT2D eigenvalue weighted by Gasteiger charge is 2.36. The van der Waals surface area contributed by atoms with Crippen LogP contribution in [0.15, 0.2) is 24.3 Å². The fourth-order valence-electron chi connectivity index (χ4n) is 2.44. The van der Waals surface area contributed by atoms with Gasteiger partial charge in [-0.1, -0.05) is 12.1 Å². The highest BCUT2D eigenvalue weighted by Crippen LogP contribution is 2.34. The Kier molecular flexibility index (Phi) is 4.25. The predicted octanol–water partition coefficient (Wildman–Crippen LogP) is 2.48. The second-order valence-corrected chi connectivity index (χ2v) is 5.39. The Bertz CT molecular complexity index is 365. The molecule has 3 nitrogen and oxygen atoms in total. The zero-order valence-electron chi connectivity index (χ0n) is 11.3. The van der Waals surface area contributed by atoms with Gasteiger partial charge < -0.3 is 15.2 Å². The summed E-state index contributed by atoms with van der Waals surface area (Å²) in [7, 11) is 1.81. The van der Waals surface area contributed by atoms with Crippen molar-refractivity contribution in [1.29, 1.82) is 0 Å². The molecule has 0 amide bonds. The SMILES string of the molecule is COC1(CNC(C)Cc2ccc(O)cc2)CCC1. The van der Waals surface area contributed by atoms with Crippen LogP contribution in [-0.2, 0) is 11.2 Å². The van der Waals surface area contributed by atoms with Gasteiger partial charge in [0.1, 0.15) is 5.75 Å². The van der Waals surface area contributed by atoms with Crippen molar-refractivity contribution in [3.8, 4) is 5.75 Å². The van der Waals surface area contributed by atoms with Crippen molar-refractivity contribution >= 4 is 0 Å². The van der Waals surface area contributed by atoms with Crippen LogP contribution in [0.2, 0.25) is 0 Å². The van der Waals surface area contributed by atoms with Gasteiger partial charge in [0.25, 0.3) is 0 Å². The zero-order chi connectivity index (χ0) is 13.0. The van der Waals surface area contributed by atoms with Gasteiger partial charge in [0.15, 0.2) is 0 Å². The van der Waals surface area contributed by atoms with Crippen LogP contribution in [0.5, 0.6) is 5.75 Å². The molecule has 100 valence electrons. The third-order valence-electron chi connectivity index (χ3n) is 3.95. The van der Waals surface area contributed by atoms with Gasteiger partial charge in [-0.2, -0.15) is 0 Å². The maximum Gasteiger partial charge on any atom is 0.115 e. The van der Waals surface area contributed by atoms with Gasteiger partial charge in [0.05, 0.1) is 5.60 Å². The lowest BCUT2D eigenvalue weighted by molar-refractivity contribution is -0.0705. The second-order valence-electron chi connectivity index (χ2n) is 5.39. The van der Waals surface area contributed by atoms with Crippen LogP contribution in [0, 0.1) is 0 Å². The molecule has 1 aliphatic rings. The topological polar surface area (TPSA) is 41.5 Å². The summed E-state index contributed by atoms with van der Waals surface area (Å²) >= 11 is 0. The van der Waals surface area contributed by atoms with Gasteiger partial charge in [-0.25, -0.2) is 0 Å². The molecule has 1 unspecified atom stereocenters. The Morgan fingerprint density at radius 2 is 2.00 bits per heavy atom. The quantitative estimate of drug-likeness (QED) is 0.814. The molecule has 3 heteroatoms. The van der Waals surface area contributed by atoms with E-state index < -0.39 is 0 Å². The minimum Gasteiger partial charge on any atom is -0.508 e. The second kappa shape index (κ2) is 5.72. The summed E-state index contributed by atoms with van der Waals surface area (Å²) in [6, 6.07) is 7.85. The van der Waals surface area contributed by atoms with Crippen LogP contribution >= 0.6 is 0 Å². The Morgan fingerprint density at radius 1 is 1.33 bits per heavy atom. The van der Waals surface area contributed by atoms with Crippen molar-refractivity contribution in [2.45, 2.75) is 44.2 Å². The molecule has 1 aromatic rings. The number of aromatic hydroxyl groups is 1. The van der Waals surface area contributed by atoms with Crippen molar-refractivity contribution in [3.63, 3.8) is 0 Å². The predicted molar refractivity (Wildman–Crippen MR) is 72.9 cm³/mol. The minimum absolute atomic E-state index is 0.0865. The third-order valence-corrected chi connectivity index (χ3v) is 3.95. The average molecular weight is 249 g/mol. The van der Waals surface area contributed by atoms with Gasteiger partial charge >= 0.3 is 0 Å². The molecule has 2 rings (SSSR count). The third kappa shape index (κ3) is 3.24. The summed E-state index contributed by atoms with van der Waals surface area (Å²) in [5, 5.41) is 12.8. The van der Waals surface area contributed by atoms with Gasteiger partial charge in [-0.3, -0.25) is 0 Å². The van der Waals surface area contributed by atoms with Gasteiger partial charge in [-0.05, 0) is 50.3 Å². The number of hydrogen-bond donors (Lipinski definition) is 2. The largest absolute Gasteiger partial charge is 0.508 e. The molecule has 0 heterocycles. The van der Waals surface area contributed by atoms with Crippen LogP contribution < -0.4 is 5.32 Å². The number of ether oxygens (including phenoxy) is 1. The molecule has 0 aromatic heterocycles. The zero-order valence-corrected chi connectivity index (χ0v) is 11.3. The van der Waals surface area contributed by atoms with Crippen LogP contribution in [0.3, 0.4) is 0 Å². The first-order valence-electron chi connectivity index (χ1n) is 6.70. The molecule has 1 aliphatic carbocycles. The van der Waals surface area contributed by atoms with Crippen molar-refractivity contribution in [3.05, 3.63) is 29.8 Å². The summed E-state index contributed by atoms with van der Waals surface area (Å²) < 4.78 is 5.59. The smallest absolute Gasteiger partial charge is 0.115 e. The molecular formula is C15H23NO2. The lowest BCUT2D eigenvalue weighted by Crippen LogP contribution is -2.50. The number of methoxy groups -OCH3 is 1. The number of hydrogen-bond acceptors (Lipinski definition) is 3. The fraction of sp³-hybridized carbons (Fsp3) is 0.600. The van der Waals surface area contributed by atoms with E-state index in [1.807, 2.05) is 19.2 Å². The maximum absolute atomic E-state index is 9.24. The molecule has 0 bridgehead atoms. The first kappa shape index (κ1) is 13.4. The van der Waals surface area contributed by atoms with Gasteiger partial charge in [-0.15, -0.1) is 0 Å². The van der Waals surface area contributed by atoms with Crippen LogP contribution in [0.1, 0.15) is 31.7 Å². The van der Waals surface area contributed by atoms with Crippen molar-refractivity contribution in [2.75, 3.05) is 13.7 Å². The monoisotopic (exact) mass is 249 g/mol. The molecule has 0 spiro atoms. The Labute approximate surface area is 109 Å². The average Bonchev–Trinajstić information content (AvgIpc) is 2.31. The standard InChI is InChI=1S/C15H23NO2/c1-12(10-13-4-6-14(17)7-5-13)16-11-15(18-2)8-3-9-15/h4-7,12,16-17H,3,8-11H2,1-2H3. The Morgan fingerprint density at radius 3 is 2.50 bits per heavy atom.